The summed E-state index contributed by atoms with van der Waals surface area (Å²) in [7, 11) is 0. The third kappa shape index (κ3) is 11.0. The molecule has 2 rings (SSSR count). The van der Waals surface area contributed by atoms with E-state index in [1.165, 1.54) is 11.1 Å². The molecular weight excluding hydrogens is 564 g/mol. The van der Waals surface area contributed by atoms with Gasteiger partial charge < -0.3 is 10.6 Å². The van der Waals surface area contributed by atoms with Crippen LogP contribution in [0.3, 0.4) is 0 Å². The minimum absolute atomic E-state index is 0.0411. The molecule has 4 nitrogen and oxygen atoms in total. The number of carbonyl (C=O) groups excluding carboxylic acids is 2. The molecule has 0 atom stereocenters. The molecule has 2 amide bonds. The number of carbonyl (C=O) groups is 2. The summed E-state index contributed by atoms with van der Waals surface area (Å²) in [4.78, 5) is 27.4. The number of benzene rings is 2. The summed E-state index contributed by atoms with van der Waals surface area (Å²) < 4.78 is 0. The minimum Gasteiger partial charge on any atom is -0.352 e. The predicted octanol–water partition coefficient (Wildman–Crippen LogP) is 10.5. The van der Waals surface area contributed by atoms with Crippen LogP contribution in [0.2, 0.25) is 0 Å². The lowest BCUT2D eigenvalue weighted by molar-refractivity contribution is 0.0939. The zero-order valence-electron chi connectivity index (χ0n) is 32.2. The van der Waals surface area contributed by atoms with E-state index >= 15 is 0 Å². The second-order valence-corrected chi connectivity index (χ2v) is 17.6. The van der Waals surface area contributed by atoms with Gasteiger partial charge in [0.25, 0.3) is 11.8 Å². The first-order valence-electron chi connectivity index (χ1n) is 18.0. The molecule has 0 unspecified atom stereocenters. The molecule has 0 saturated carbocycles. The van der Waals surface area contributed by atoms with Gasteiger partial charge in [0.2, 0.25) is 0 Å². The lowest BCUT2D eigenvalue weighted by Crippen LogP contribution is -2.32. The monoisotopic (exact) mass is 633 g/mol. The lowest BCUT2D eigenvalue weighted by atomic mass is 9.74. The first-order chi connectivity index (χ1) is 21.1. The number of unbranched alkanes of at least 4 members (excludes halogenated alkanes) is 3. The van der Waals surface area contributed by atoms with Crippen LogP contribution in [0.15, 0.2) is 24.3 Å². The van der Waals surface area contributed by atoms with E-state index in [9.17, 15) is 9.59 Å². The molecule has 0 saturated heterocycles. The molecule has 2 aromatic rings. The van der Waals surface area contributed by atoms with Gasteiger partial charge in [-0.15, -0.1) is 0 Å². The van der Waals surface area contributed by atoms with Crippen molar-refractivity contribution in [2.24, 2.45) is 0 Å². The maximum absolute atomic E-state index is 13.7. The van der Waals surface area contributed by atoms with Crippen LogP contribution in [-0.4, -0.2) is 24.9 Å². The minimum atomic E-state index is -0.125. The summed E-state index contributed by atoms with van der Waals surface area (Å²) in [5.74, 6) is 0.0823. The Morgan fingerprint density at radius 3 is 0.957 bits per heavy atom. The van der Waals surface area contributed by atoms with E-state index in [0.29, 0.717) is 13.1 Å². The zero-order chi connectivity index (χ0) is 35.1. The van der Waals surface area contributed by atoms with Crippen LogP contribution >= 0.6 is 0 Å². The molecule has 0 aliphatic carbocycles. The molecule has 46 heavy (non-hydrogen) atoms. The van der Waals surface area contributed by atoms with Crippen molar-refractivity contribution in [1.29, 1.82) is 0 Å². The van der Waals surface area contributed by atoms with E-state index in [1.807, 2.05) is 0 Å². The van der Waals surface area contributed by atoms with E-state index in [0.717, 1.165) is 84.7 Å². The van der Waals surface area contributed by atoms with Gasteiger partial charge in [-0.25, -0.2) is 0 Å². The van der Waals surface area contributed by atoms with Crippen LogP contribution in [0.25, 0.3) is 0 Å². The molecule has 0 radical (unpaired) electrons. The van der Waals surface area contributed by atoms with Gasteiger partial charge in [-0.2, -0.15) is 0 Å². The fraction of sp³-hybridized carbons (Fsp3) is 0.667. The van der Waals surface area contributed by atoms with Crippen LogP contribution in [0.1, 0.15) is 190 Å². The van der Waals surface area contributed by atoms with Gasteiger partial charge in [0, 0.05) is 24.2 Å². The van der Waals surface area contributed by atoms with Gasteiger partial charge in [-0.05, 0) is 80.7 Å². The number of rotatable bonds is 13. The Morgan fingerprint density at radius 2 is 0.739 bits per heavy atom. The first-order valence-corrected chi connectivity index (χ1v) is 18.0. The molecule has 2 N–H and O–H groups in total. The molecule has 0 heterocycles. The third-order valence-corrected chi connectivity index (χ3v) is 8.83. The van der Waals surface area contributed by atoms with Crippen molar-refractivity contribution in [2.45, 2.75) is 170 Å². The van der Waals surface area contributed by atoms with E-state index in [4.69, 9.17) is 0 Å². The van der Waals surface area contributed by atoms with Crippen LogP contribution in [-0.2, 0) is 34.5 Å². The second-order valence-electron chi connectivity index (χ2n) is 17.6. The van der Waals surface area contributed by atoms with Gasteiger partial charge >= 0.3 is 0 Å². The summed E-state index contributed by atoms with van der Waals surface area (Å²) >= 11 is 0. The smallest absolute Gasteiger partial charge is 0.251 e. The van der Waals surface area contributed by atoms with Gasteiger partial charge in [-0.1, -0.05) is 147 Å². The average Bonchev–Trinajstić information content (AvgIpc) is 2.91. The number of hydrogen-bond donors (Lipinski definition) is 2. The SMILES string of the molecule is CCCc1cc(C(C)(C)C)c(C(=O)NCCCCCCNC(=O)c2c(C(C)(C)C)cc(CCC)cc2C(C)(C)C)c(C(C)(C)C)c1. The second kappa shape index (κ2) is 16.0. The molecule has 0 bridgehead atoms. The Kier molecular flexibility index (Phi) is 13.7. The summed E-state index contributed by atoms with van der Waals surface area (Å²) in [6, 6.07) is 9.04. The van der Waals surface area contributed by atoms with Gasteiger partial charge in [-0.3, -0.25) is 9.59 Å². The molecule has 0 aromatic heterocycles. The maximum atomic E-state index is 13.7. The Morgan fingerprint density at radius 1 is 0.478 bits per heavy atom. The maximum Gasteiger partial charge on any atom is 0.251 e. The van der Waals surface area contributed by atoms with E-state index in [1.54, 1.807) is 0 Å². The van der Waals surface area contributed by atoms with Crippen molar-refractivity contribution in [3.63, 3.8) is 0 Å². The fourth-order valence-electron chi connectivity index (χ4n) is 6.31. The molecule has 258 valence electrons. The Balaban J connectivity index is 2.03. The molecular formula is C42H68N2O2. The van der Waals surface area contributed by atoms with E-state index in [-0.39, 0.29) is 33.5 Å². The van der Waals surface area contributed by atoms with E-state index < -0.39 is 0 Å². The van der Waals surface area contributed by atoms with Crippen molar-refractivity contribution in [3.8, 4) is 0 Å². The molecule has 0 spiro atoms. The van der Waals surface area contributed by atoms with Gasteiger partial charge in [0.05, 0.1) is 0 Å². The van der Waals surface area contributed by atoms with Crippen molar-refractivity contribution >= 4 is 11.8 Å². The van der Waals surface area contributed by atoms with Gasteiger partial charge in [0.15, 0.2) is 0 Å². The normalized spacial score (nSPS) is 12.7. The molecule has 4 heteroatoms. The molecule has 2 aromatic carbocycles. The third-order valence-electron chi connectivity index (χ3n) is 8.83. The van der Waals surface area contributed by atoms with Crippen molar-refractivity contribution in [2.75, 3.05) is 13.1 Å². The standard InChI is InChI=1S/C42H68N2O2/c1-15-21-29-25-31(39(3,4)5)35(32(26-29)40(6,7)8)37(45)43-23-19-17-18-20-24-44-38(46)36-33(41(9,10)11)27-30(22-16-2)28-34(36)42(12,13)14/h25-28H,15-24H2,1-14H3,(H,43,45)(H,44,46). The molecule has 0 fully saturated rings. The number of nitrogens with one attached hydrogen (secondary N) is 2. The van der Waals surface area contributed by atoms with E-state index in [2.05, 4.69) is 132 Å². The summed E-state index contributed by atoms with van der Waals surface area (Å²) in [6.07, 6.45) is 8.08. The lowest BCUT2D eigenvalue weighted by Gasteiger charge is -2.30. The summed E-state index contributed by atoms with van der Waals surface area (Å²) in [5.41, 5.74) is 8.41. The van der Waals surface area contributed by atoms with Crippen LogP contribution in [0.5, 0.6) is 0 Å². The molecule has 0 aliphatic heterocycles. The van der Waals surface area contributed by atoms with Crippen LogP contribution in [0.4, 0.5) is 0 Å². The van der Waals surface area contributed by atoms with Crippen LogP contribution in [0, 0.1) is 0 Å². The molecule has 0 aliphatic rings. The summed E-state index contributed by atoms with van der Waals surface area (Å²) in [5, 5.41) is 6.50. The van der Waals surface area contributed by atoms with Crippen molar-refractivity contribution in [3.05, 3.63) is 68.8 Å². The number of amides is 2. The Labute approximate surface area is 283 Å². The van der Waals surface area contributed by atoms with Crippen LogP contribution < -0.4 is 10.6 Å². The highest BCUT2D eigenvalue weighted by Crippen LogP contribution is 2.37. The van der Waals surface area contributed by atoms with Crippen molar-refractivity contribution < 1.29 is 9.59 Å². The zero-order valence-corrected chi connectivity index (χ0v) is 32.2. The van der Waals surface area contributed by atoms with Gasteiger partial charge in [0.1, 0.15) is 0 Å². The predicted molar refractivity (Wildman–Crippen MR) is 199 cm³/mol. The Bertz CT molecular complexity index is 1150. The number of aryl methyl sites for hydroxylation is 2. The topological polar surface area (TPSA) is 58.2 Å². The largest absolute Gasteiger partial charge is 0.352 e. The summed E-state index contributed by atoms with van der Waals surface area (Å²) in [6.45, 7) is 32.2. The average molecular weight is 633 g/mol. The highest BCUT2D eigenvalue weighted by atomic mass is 16.2. The Hall–Kier alpha value is -2.62. The highest BCUT2D eigenvalue weighted by molar-refractivity contribution is 5.98. The quantitative estimate of drug-likeness (QED) is 0.216. The highest BCUT2D eigenvalue weighted by Gasteiger charge is 2.31. The number of hydrogen-bond acceptors (Lipinski definition) is 2. The fourth-order valence-corrected chi connectivity index (χ4v) is 6.31. The first kappa shape index (κ1) is 39.6. The van der Waals surface area contributed by atoms with Crippen molar-refractivity contribution in [1.82, 2.24) is 10.6 Å².